The Kier molecular flexibility index (Phi) is 7.52. The zero-order chi connectivity index (χ0) is 23.3. The monoisotopic (exact) mass is 459 g/mol. The lowest BCUT2D eigenvalue weighted by atomic mass is 10.2. The zero-order valence-corrected chi connectivity index (χ0v) is 19.4. The van der Waals surface area contributed by atoms with Crippen molar-refractivity contribution >= 4 is 21.8 Å². The Morgan fingerprint density at radius 2 is 1.81 bits per heavy atom. The van der Waals surface area contributed by atoms with Gasteiger partial charge in [-0.05, 0) is 49.9 Å². The third-order valence-electron chi connectivity index (χ3n) is 5.59. The number of hydrogen-bond acceptors (Lipinski definition) is 5. The molecule has 9 heteroatoms. The first-order valence-corrected chi connectivity index (χ1v) is 11.9. The summed E-state index contributed by atoms with van der Waals surface area (Å²) in [5, 5.41) is 5.15. The molecular weight excluding hydrogens is 430 g/mol. The summed E-state index contributed by atoms with van der Waals surface area (Å²) in [6.07, 6.45) is 1.32. The summed E-state index contributed by atoms with van der Waals surface area (Å²) in [6.45, 7) is 4.23. The second-order valence-electron chi connectivity index (χ2n) is 7.89. The Morgan fingerprint density at radius 1 is 1.09 bits per heavy atom. The van der Waals surface area contributed by atoms with Crippen molar-refractivity contribution < 1.29 is 22.7 Å². The smallest absolute Gasteiger partial charge is 0.309 e. The van der Waals surface area contributed by atoms with Crippen molar-refractivity contribution in [1.29, 1.82) is 0 Å². The zero-order valence-electron chi connectivity index (χ0n) is 18.6. The Labute approximate surface area is 189 Å². The minimum Gasteiger partial charge on any atom is -0.496 e. The van der Waals surface area contributed by atoms with E-state index < -0.39 is 27.9 Å². The lowest BCUT2D eigenvalue weighted by molar-refractivity contribution is -0.139. The van der Waals surface area contributed by atoms with Crippen LogP contribution in [0.25, 0.3) is 0 Å². The van der Waals surface area contributed by atoms with Gasteiger partial charge in [-0.25, -0.2) is 8.42 Å². The van der Waals surface area contributed by atoms with Crippen LogP contribution in [0.15, 0.2) is 47.4 Å². The summed E-state index contributed by atoms with van der Waals surface area (Å²) in [7, 11) is -2.16. The van der Waals surface area contributed by atoms with E-state index in [1.54, 1.807) is 31.2 Å². The summed E-state index contributed by atoms with van der Waals surface area (Å²) in [5.74, 6) is -0.958. The Balaban J connectivity index is 1.60. The molecule has 2 N–H and O–H groups in total. The molecule has 0 aromatic heterocycles. The summed E-state index contributed by atoms with van der Waals surface area (Å²) in [5.41, 5.74) is 2.30. The van der Waals surface area contributed by atoms with Gasteiger partial charge < -0.3 is 15.4 Å². The van der Waals surface area contributed by atoms with Gasteiger partial charge in [-0.15, -0.1) is 0 Å². The van der Waals surface area contributed by atoms with Crippen molar-refractivity contribution in [3.05, 3.63) is 59.2 Å². The van der Waals surface area contributed by atoms with Gasteiger partial charge in [-0.3, -0.25) is 9.59 Å². The maximum Gasteiger partial charge on any atom is 0.309 e. The molecule has 1 heterocycles. The number of carbonyl (C=O) groups excluding carboxylic acids is 2. The van der Waals surface area contributed by atoms with Crippen molar-refractivity contribution in [1.82, 2.24) is 14.9 Å². The van der Waals surface area contributed by atoms with Crippen LogP contribution in [-0.4, -0.2) is 50.8 Å². The molecule has 2 aromatic carbocycles. The van der Waals surface area contributed by atoms with Gasteiger partial charge in [0.15, 0.2) is 0 Å². The van der Waals surface area contributed by atoms with Crippen LogP contribution in [0.5, 0.6) is 5.75 Å². The molecule has 172 valence electrons. The highest BCUT2D eigenvalue weighted by atomic mass is 32.2. The molecule has 32 heavy (non-hydrogen) atoms. The van der Waals surface area contributed by atoms with Gasteiger partial charge in [0.2, 0.25) is 10.0 Å². The topological polar surface area (TPSA) is 105 Å². The van der Waals surface area contributed by atoms with E-state index in [0.29, 0.717) is 30.7 Å². The van der Waals surface area contributed by atoms with Crippen LogP contribution in [0.2, 0.25) is 0 Å². The molecule has 1 atom stereocenters. The molecule has 8 nitrogen and oxygen atoms in total. The average molecular weight is 460 g/mol. The van der Waals surface area contributed by atoms with Crippen LogP contribution < -0.4 is 15.4 Å². The number of aryl methyl sites for hydroxylation is 2. The second kappa shape index (κ2) is 10.1. The third kappa shape index (κ3) is 5.28. The number of amides is 2. The number of nitrogens with one attached hydrogen (secondary N) is 2. The molecule has 0 bridgehead atoms. The maximum atomic E-state index is 13.2. The molecule has 1 aliphatic heterocycles. The number of para-hydroxylation sites is 1. The summed E-state index contributed by atoms with van der Waals surface area (Å²) < 4.78 is 33.1. The van der Waals surface area contributed by atoms with Crippen LogP contribution in [0.4, 0.5) is 0 Å². The predicted molar refractivity (Wildman–Crippen MR) is 121 cm³/mol. The van der Waals surface area contributed by atoms with Gasteiger partial charge in [-0.1, -0.05) is 30.3 Å². The molecule has 1 aliphatic rings. The average Bonchev–Trinajstić information content (AvgIpc) is 3.27. The van der Waals surface area contributed by atoms with E-state index in [0.717, 1.165) is 11.1 Å². The highest BCUT2D eigenvalue weighted by Gasteiger charge is 2.36. The number of hydrogen-bond donors (Lipinski definition) is 2. The first-order valence-electron chi connectivity index (χ1n) is 10.5. The fourth-order valence-electron chi connectivity index (χ4n) is 3.84. The molecule has 3 rings (SSSR count). The first-order chi connectivity index (χ1) is 15.2. The number of nitrogens with zero attached hydrogens (tertiary/aromatic N) is 1. The summed E-state index contributed by atoms with van der Waals surface area (Å²) in [6, 6.07) is 12.1. The lowest BCUT2D eigenvalue weighted by Gasteiger charge is -2.25. The first kappa shape index (κ1) is 23.7. The van der Waals surface area contributed by atoms with Crippen molar-refractivity contribution in [2.75, 3.05) is 20.2 Å². The fourth-order valence-corrected chi connectivity index (χ4v) is 5.84. The normalized spacial score (nSPS) is 16.5. The third-order valence-corrected chi connectivity index (χ3v) is 7.68. The Bertz CT molecular complexity index is 1100. The molecular formula is C23H29N3O5S. The lowest BCUT2D eigenvalue weighted by Crippen LogP contribution is -2.47. The maximum absolute atomic E-state index is 13.2. The van der Waals surface area contributed by atoms with E-state index in [-0.39, 0.29) is 18.0 Å². The number of methoxy groups -OCH3 is 1. The number of ether oxygens (including phenoxy) is 1. The second-order valence-corrected chi connectivity index (χ2v) is 9.74. The van der Waals surface area contributed by atoms with Crippen molar-refractivity contribution in [2.45, 2.75) is 44.2 Å². The highest BCUT2D eigenvalue weighted by Crippen LogP contribution is 2.28. The molecule has 0 radical (unpaired) electrons. The van der Waals surface area contributed by atoms with E-state index in [1.807, 2.05) is 25.1 Å². The summed E-state index contributed by atoms with van der Waals surface area (Å²) >= 11 is 0. The SMILES string of the molecule is COc1ccccc1CNC(=O)C(=O)NC[C@H]1CCCN1S(=O)(=O)c1cc(C)ccc1C. The van der Waals surface area contributed by atoms with Crippen molar-refractivity contribution in [2.24, 2.45) is 0 Å². The van der Waals surface area contributed by atoms with Gasteiger partial charge in [0.05, 0.1) is 12.0 Å². The van der Waals surface area contributed by atoms with E-state index in [1.165, 1.54) is 11.4 Å². The molecule has 0 spiro atoms. The Morgan fingerprint density at radius 3 is 2.56 bits per heavy atom. The van der Waals surface area contributed by atoms with Crippen molar-refractivity contribution in [3.63, 3.8) is 0 Å². The quantitative estimate of drug-likeness (QED) is 0.616. The molecule has 2 amide bonds. The number of benzene rings is 2. The van der Waals surface area contributed by atoms with Gasteiger partial charge in [0.1, 0.15) is 5.75 Å². The van der Waals surface area contributed by atoms with E-state index >= 15 is 0 Å². The van der Waals surface area contributed by atoms with E-state index in [2.05, 4.69) is 10.6 Å². The van der Waals surface area contributed by atoms with Crippen LogP contribution in [0.1, 0.15) is 29.5 Å². The van der Waals surface area contributed by atoms with Gasteiger partial charge >= 0.3 is 11.8 Å². The molecule has 2 aromatic rings. The highest BCUT2D eigenvalue weighted by molar-refractivity contribution is 7.89. The van der Waals surface area contributed by atoms with Crippen LogP contribution in [0, 0.1) is 13.8 Å². The molecule has 0 unspecified atom stereocenters. The van der Waals surface area contributed by atoms with Crippen LogP contribution >= 0.6 is 0 Å². The van der Waals surface area contributed by atoms with Gasteiger partial charge in [0, 0.05) is 31.2 Å². The van der Waals surface area contributed by atoms with Crippen molar-refractivity contribution in [3.8, 4) is 5.75 Å². The van der Waals surface area contributed by atoms with Crippen LogP contribution in [0.3, 0.4) is 0 Å². The Hall–Kier alpha value is -2.91. The number of rotatable bonds is 7. The molecule has 1 fully saturated rings. The van der Waals surface area contributed by atoms with Gasteiger partial charge in [0.25, 0.3) is 0 Å². The predicted octanol–water partition coefficient (Wildman–Crippen LogP) is 1.90. The van der Waals surface area contributed by atoms with Gasteiger partial charge in [-0.2, -0.15) is 4.31 Å². The van der Waals surface area contributed by atoms with E-state index in [9.17, 15) is 18.0 Å². The number of sulfonamides is 1. The van der Waals surface area contributed by atoms with Crippen LogP contribution in [-0.2, 0) is 26.2 Å². The summed E-state index contributed by atoms with van der Waals surface area (Å²) in [4.78, 5) is 24.8. The standard InChI is InChI=1S/C23H29N3O5S/c1-16-10-11-17(2)21(13-16)32(29,30)26-12-6-8-19(26)15-25-23(28)22(27)24-14-18-7-4-5-9-20(18)31-3/h4-5,7,9-11,13,19H,6,8,12,14-15H2,1-3H3,(H,24,27)(H,25,28)/t19-/m1/s1. The number of carbonyl (C=O) groups is 2. The largest absolute Gasteiger partial charge is 0.496 e. The molecule has 0 saturated carbocycles. The molecule has 1 saturated heterocycles. The molecule has 0 aliphatic carbocycles. The minimum atomic E-state index is -3.70. The minimum absolute atomic E-state index is 0.0744. The van der Waals surface area contributed by atoms with E-state index in [4.69, 9.17) is 4.74 Å². The fraction of sp³-hybridized carbons (Fsp3) is 0.391.